The number of nitrogen functional groups attached to an aromatic ring is 1. The molecule has 1 aliphatic rings. The molecule has 4 heteroatoms. The predicted octanol–water partition coefficient (Wildman–Crippen LogP) is 1.58. The van der Waals surface area contributed by atoms with Crippen molar-refractivity contribution in [1.29, 1.82) is 0 Å². The van der Waals surface area contributed by atoms with Gasteiger partial charge < -0.3 is 16.8 Å². The number of hydrogen-bond donors (Lipinski definition) is 3. The van der Waals surface area contributed by atoms with Gasteiger partial charge >= 0.3 is 0 Å². The third-order valence-corrected chi connectivity index (χ3v) is 2.91. The summed E-state index contributed by atoms with van der Waals surface area (Å²) in [6.07, 6.45) is 3.79. The molecule has 1 aliphatic carbocycles. The maximum absolute atomic E-state index is 11.2. The zero-order valence-corrected chi connectivity index (χ0v) is 9.20. The van der Waals surface area contributed by atoms with Gasteiger partial charge in [-0.1, -0.05) is 18.9 Å². The molecule has 1 amide bonds. The van der Waals surface area contributed by atoms with Crippen LogP contribution in [0, 0.1) is 5.92 Å². The topological polar surface area (TPSA) is 81.1 Å². The van der Waals surface area contributed by atoms with E-state index in [2.05, 4.69) is 5.32 Å². The fourth-order valence-electron chi connectivity index (χ4n) is 1.78. The van der Waals surface area contributed by atoms with Crippen LogP contribution in [-0.4, -0.2) is 12.5 Å². The van der Waals surface area contributed by atoms with Crippen molar-refractivity contribution in [2.45, 2.75) is 19.3 Å². The van der Waals surface area contributed by atoms with Gasteiger partial charge in [-0.15, -0.1) is 0 Å². The molecular weight excluding hydrogens is 202 g/mol. The van der Waals surface area contributed by atoms with Crippen LogP contribution in [0.3, 0.4) is 0 Å². The lowest BCUT2D eigenvalue weighted by molar-refractivity contribution is 0.100. The van der Waals surface area contributed by atoms with Gasteiger partial charge in [0.05, 0.1) is 16.9 Å². The zero-order valence-electron chi connectivity index (χ0n) is 9.20. The summed E-state index contributed by atoms with van der Waals surface area (Å²) >= 11 is 0. The van der Waals surface area contributed by atoms with Crippen molar-refractivity contribution in [2.75, 3.05) is 17.6 Å². The molecule has 16 heavy (non-hydrogen) atoms. The average molecular weight is 219 g/mol. The van der Waals surface area contributed by atoms with Crippen LogP contribution >= 0.6 is 0 Å². The molecule has 0 aromatic heterocycles. The van der Waals surface area contributed by atoms with Gasteiger partial charge in [0.1, 0.15) is 0 Å². The van der Waals surface area contributed by atoms with E-state index in [4.69, 9.17) is 11.5 Å². The first-order chi connectivity index (χ1) is 7.68. The Bertz CT molecular complexity index is 399. The summed E-state index contributed by atoms with van der Waals surface area (Å²) in [5.41, 5.74) is 12.8. The summed E-state index contributed by atoms with van der Waals surface area (Å²) in [6.45, 7) is 0.846. The van der Waals surface area contributed by atoms with Crippen molar-refractivity contribution in [3.63, 3.8) is 0 Å². The third kappa shape index (κ3) is 2.45. The molecule has 1 fully saturated rings. The molecule has 1 saturated carbocycles. The Morgan fingerprint density at radius 3 is 2.81 bits per heavy atom. The lowest BCUT2D eigenvalue weighted by atomic mass is 10.1. The second kappa shape index (κ2) is 4.43. The van der Waals surface area contributed by atoms with E-state index >= 15 is 0 Å². The monoisotopic (exact) mass is 219 g/mol. The van der Waals surface area contributed by atoms with Gasteiger partial charge in [0.15, 0.2) is 0 Å². The molecule has 0 saturated heterocycles. The number of rotatable bonds is 5. The van der Waals surface area contributed by atoms with Crippen LogP contribution < -0.4 is 16.8 Å². The predicted molar refractivity (Wildman–Crippen MR) is 65.2 cm³/mol. The van der Waals surface area contributed by atoms with Crippen LogP contribution in [0.4, 0.5) is 11.4 Å². The van der Waals surface area contributed by atoms with E-state index in [1.807, 2.05) is 0 Å². The van der Waals surface area contributed by atoms with Crippen molar-refractivity contribution in [1.82, 2.24) is 0 Å². The van der Waals surface area contributed by atoms with Crippen molar-refractivity contribution >= 4 is 17.3 Å². The smallest absolute Gasteiger partial charge is 0.250 e. The van der Waals surface area contributed by atoms with Crippen LogP contribution in [0.25, 0.3) is 0 Å². The minimum Gasteiger partial charge on any atom is -0.397 e. The zero-order chi connectivity index (χ0) is 11.5. The number of hydrogen-bond acceptors (Lipinski definition) is 3. The first-order valence-electron chi connectivity index (χ1n) is 5.60. The fraction of sp³-hybridized carbons (Fsp3) is 0.417. The SMILES string of the molecule is NC(=O)c1cccc(N)c1NCCC1CC1. The van der Waals surface area contributed by atoms with Gasteiger partial charge in [0, 0.05) is 6.54 Å². The molecule has 0 radical (unpaired) electrons. The van der Waals surface area contributed by atoms with Crippen LogP contribution in [0.2, 0.25) is 0 Å². The number of nitrogens with one attached hydrogen (secondary N) is 1. The molecule has 1 aromatic rings. The first-order valence-corrected chi connectivity index (χ1v) is 5.60. The van der Waals surface area contributed by atoms with Crippen LogP contribution in [0.5, 0.6) is 0 Å². The van der Waals surface area contributed by atoms with E-state index in [0.29, 0.717) is 16.9 Å². The highest BCUT2D eigenvalue weighted by molar-refractivity contribution is 6.01. The molecule has 4 nitrogen and oxygen atoms in total. The number of primary amides is 1. The molecule has 0 aliphatic heterocycles. The average Bonchev–Trinajstić information content (AvgIpc) is 3.04. The second-order valence-electron chi connectivity index (χ2n) is 4.29. The molecule has 2 rings (SSSR count). The number of carbonyl (C=O) groups is 1. The van der Waals surface area contributed by atoms with Crippen LogP contribution in [0.15, 0.2) is 18.2 Å². The maximum atomic E-state index is 11.2. The van der Waals surface area contributed by atoms with Crippen molar-refractivity contribution in [3.05, 3.63) is 23.8 Å². The normalized spacial score (nSPS) is 14.8. The standard InChI is InChI=1S/C12H17N3O/c13-10-3-1-2-9(12(14)16)11(10)15-7-6-8-4-5-8/h1-3,8,15H,4-7,13H2,(H2,14,16). The summed E-state index contributed by atoms with van der Waals surface area (Å²) < 4.78 is 0. The summed E-state index contributed by atoms with van der Waals surface area (Å²) in [7, 11) is 0. The van der Waals surface area contributed by atoms with Crippen LogP contribution in [-0.2, 0) is 0 Å². The minimum atomic E-state index is -0.443. The number of amides is 1. The number of anilines is 2. The van der Waals surface area contributed by atoms with Crippen molar-refractivity contribution in [3.8, 4) is 0 Å². The summed E-state index contributed by atoms with van der Waals surface area (Å²) in [5.74, 6) is 0.413. The Morgan fingerprint density at radius 2 is 2.19 bits per heavy atom. The quantitative estimate of drug-likeness (QED) is 0.658. The van der Waals surface area contributed by atoms with Gasteiger partial charge in [-0.3, -0.25) is 4.79 Å². The molecule has 0 atom stereocenters. The van der Waals surface area contributed by atoms with E-state index in [9.17, 15) is 4.79 Å². The van der Waals surface area contributed by atoms with Crippen molar-refractivity contribution in [2.24, 2.45) is 11.7 Å². The summed E-state index contributed by atoms with van der Waals surface area (Å²) in [4.78, 5) is 11.2. The highest BCUT2D eigenvalue weighted by Crippen LogP contribution is 2.32. The largest absolute Gasteiger partial charge is 0.397 e. The minimum absolute atomic E-state index is 0.443. The Balaban J connectivity index is 2.06. The first kappa shape index (κ1) is 10.8. The second-order valence-corrected chi connectivity index (χ2v) is 4.29. The highest BCUT2D eigenvalue weighted by atomic mass is 16.1. The van der Waals surface area contributed by atoms with Gasteiger partial charge in [-0.25, -0.2) is 0 Å². The Morgan fingerprint density at radius 1 is 1.44 bits per heavy atom. The maximum Gasteiger partial charge on any atom is 0.250 e. The fourth-order valence-corrected chi connectivity index (χ4v) is 1.78. The number of nitrogens with two attached hydrogens (primary N) is 2. The Hall–Kier alpha value is -1.71. The van der Waals surface area contributed by atoms with Gasteiger partial charge in [0.2, 0.25) is 0 Å². The van der Waals surface area contributed by atoms with E-state index in [1.165, 1.54) is 12.8 Å². The lowest BCUT2D eigenvalue weighted by Crippen LogP contribution is -2.16. The summed E-state index contributed by atoms with van der Waals surface area (Å²) in [6, 6.07) is 5.20. The van der Waals surface area contributed by atoms with E-state index in [1.54, 1.807) is 18.2 Å². The van der Waals surface area contributed by atoms with E-state index in [-0.39, 0.29) is 0 Å². The lowest BCUT2D eigenvalue weighted by Gasteiger charge is -2.12. The molecular formula is C12H17N3O. The molecule has 0 spiro atoms. The molecule has 0 heterocycles. The molecule has 0 unspecified atom stereocenters. The highest BCUT2D eigenvalue weighted by Gasteiger charge is 2.20. The van der Waals surface area contributed by atoms with Crippen LogP contribution in [0.1, 0.15) is 29.6 Å². The molecule has 86 valence electrons. The van der Waals surface area contributed by atoms with Gasteiger partial charge in [0.25, 0.3) is 5.91 Å². The number of carbonyl (C=O) groups excluding carboxylic acids is 1. The number of para-hydroxylation sites is 1. The molecule has 0 bridgehead atoms. The van der Waals surface area contributed by atoms with E-state index in [0.717, 1.165) is 18.9 Å². The molecule has 5 N–H and O–H groups in total. The Labute approximate surface area is 95.0 Å². The third-order valence-electron chi connectivity index (χ3n) is 2.91. The molecule has 1 aromatic carbocycles. The van der Waals surface area contributed by atoms with Crippen molar-refractivity contribution < 1.29 is 4.79 Å². The van der Waals surface area contributed by atoms with Gasteiger partial charge in [-0.2, -0.15) is 0 Å². The number of benzene rings is 1. The van der Waals surface area contributed by atoms with E-state index < -0.39 is 5.91 Å². The van der Waals surface area contributed by atoms with Gasteiger partial charge in [-0.05, 0) is 24.5 Å². The Kier molecular flexibility index (Phi) is 2.99. The summed E-state index contributed by atoms with van der Waals surface area (Å²) in [5, 5.41) is 3.21.